The quantitative estimate of drug-likeness (QED) is 0.484. The van der Waals surface area contributed by atoms with E-state index in [4.69, 9.17) is 10.00 Å². The first-order valence-electron chi connectivity index (χ1n) is 14.7. The summed E-state index contributed by atoms with van der Waals surface area (Å²) in [6.07, 6.45) is 0.775. The molecule has 0 bridgehead atoms. The number of rotatable bonds is 8. The zero-order chi connectivity index (χ0) is 29.5. The predicted octanol–water partition coefficient (Wildman–Crippen LogP) is 3.72. The van der Waals surface area contributed by atoms with E-state index in [-0.39, 0.29) is 11.8 Å². The normalized spacial score (nSPS) is 19.5. The van der Waals surface area contributed by atoms with Crippen molar-refractivity contribution in [3.05, 3.63) is 47.7 Å². The monoisotopic (exact) mass is 585 g/mol. The third-order valence-electron chi connectivity index (χ3n) is 8.44. The minimum atomic E-state index is -4.60. The van der Waals surface area contributed by atoms with Crippen LogP contribution in [0, 0.1) is 17.2 Å². The van der Waals surface area contributed by atoms with Gasteiger partial charge in [0.05, 0.1) is 41.8 Å². The number of halogens is 3. The van der Waals surface area contributed by atoms with Crippen molar-refractivity contribution in [2.45, 2.75) is 38.0 Å². The number of benzene rings is 1. The van der Waals surface area contributed by atoms with Gasteiger partial charge in [-0.05, 0) is 69.1 Å². The number of pyridine rings is 1. The summed E-state index contributed by atoms with van der Waals surface area (Å²) in [6.45, 7) is 8.44. The van der Waals surface area contributed by atoms with Crippen LogP contribution >= 0.6 is 0 Å². The molecule has 5 rings (SSSR count). The lowest BCUT2D eigenvalue weighted by Crippen LogP contribution is -2.47. The number of piperidine rings is 2. The Labute approximate surface area is 244 Å². The lowest BCUT2D eigenvalue weighted by atomic mass is 9.95. The van der Waals surface area contributed by atoms with Gasteiger partial charge in [0.1, 0.15) is 5.82 Å². The number of aromatic nitrogens is 1. The number of anilines is 3. The molecule has 0 atom stereocenters. The van der Waals surface area contributed by atoms with Crippen molar-refractivity contribution in [2.75, 3.05) is 80.6 Å². The van der Waals surface area contributed by atoms with Crippen LogP contribution in [0.25, 0.3) is 0 Å². The molecule has 2 N–H and O–H groups in total. The third-order valence-corrected chi connectivity index (χ3v) is 8.44. The fraction of sp³-hybridized carbons (Fsp3) is 0.567. The second-order valence-corrected chi connectivity index (χ2v) is 11.1. The molecule has 0 radical (unpaired) electrons. The van der Waals surface area contributed by atoms with Crippen molar-refractivity contribution in [1.82, 2.24) is 15.2 Å². The van der Waals surface area contributed by atoms with Gasteiger partial charge in [0.25, 0.3) is 0 Å². The highest BCUT2D eigenvalue weighted by molar-refractivity contribution is 5.92. The molecule has 1 amide bonds. The lowest BCUT2D eigenvalue weighted by Gasteiger charge is -2.36. The van der Waals surface area contributed by atoms with Crippen molar-refractivity contribution in [3.8, 4) is 6.07 Å². The Bertz CT molecular complexity index is 1230. The van der Waals surface area contributed by atoms with Crippen LogP contribution < -0.4 is 20.4 Å². The second kappa shape index (κ2) is 13.7. The standard InChI is InChI=1S/C30H38F3N7O2/c31-30(32,33)27-19-24(2-1-23(27)20-34)39-11-7-22(8-12-39)29(41)37-28-4-3-25(21-36-28)40-15-13-38(14-16-40)17-18-42-26-5-9-35-10-6-26/h1-4,19,21-22,26,35H,5-18H2,(H,36,37,41). The van der Waals surface area contributed by atoms with Gasteiger partial charge >= 0.3 is 6.18 Å². The Morgan fingerprint density at radius 3 is 2.33 bits per heavy atom. The molecule has 1 aromatic carbocycles. The highest BCUT2D eigenvalue weighted by atomic mass is 19.4. The Kier molecular flexibility index (Phi) is 9.82. The maximum absolute atomic E-state index is 13.4. The van der Waals surface area contributed by atoms with E-state index in [0.717, 1.165) is 77.0 Å². The maximum Gasteiger partial charge on any atom is 0.417 e. The predicted molar refractivity (Wildman–Crippen MR) is 154 cm³/mol. The molecule has 1 aromatic heterocycles. The van der Waals surface area contributed by atoms with Crippen LogP contribution in [0.5, 0.6) is 0 Å². The van der Waals surface area contributed by atoms with E-state index < -0.39 is 17.3 Å². The number of amides is 1. The van der Waals surface area contributed by atoms with Crippen LogP contribution in [-0.4, -0.2) is 87.4 Å². The fourth-order valence-electron chi connectivity index (χ4n) is 5.88. The van der Waals surface area contributed by atoms with Gasteiger partial charge in [-0.25, -0.2) is 4.98 Å². The number of nitriles is 1. The summed E-state index contributed by atoms with van der Waals surface area (Å²) in [6, 6.07) is 9.16. The molecule has 0 unspecified atom stereocenters. The van der Waals surface area contributed by atoms with Gasteiger partial charge in [0.2, 0.25) is 5.91 Å². The summed E-state index contributed by atoms with van der Waals surface area (Å²) in [4.78, 5) is 23.9. The molecule has 0 saturated carbocycles. The van der Waals surface area contributed by atoms with Gasteiger partial charge in [-0.15, -0.1) is 0 Å². The summed E-state index contributed by atoms with van der Waals surface area (Å²) in [5, 5.41) is 15.3. The molecule has 9 nitrogen and oxygen atoms in total. The van der Waals surface area contributed by atoms with Gasteiger partial charge in [-0.1, -0.05) is 0 Å². The van der Waals surface area contributed by atoms with Gasteiger partial charge in [-0.3, -0.25) is 9.69 Å². The average Bonchev–Trinajstić information content (AvgIpc) is 3.02. The van der Waals surface area contributed by atoms with Gasteiger partial charge < -0.3 is 25.2 Å². The summed E-state index contributed by atoms with van der Waals surface area (Å²) >= 11 is 0. The van der Waals surface area contributed by atoms with Crippen molar-refractivity contribution in [3.63, 3.8) is 0 Å². The molecule has 3 fully saturated rings. The van der Waals surface area contributed by atoms with Crippen molar-refractivity contribution >= 4 is 23.1 Å². The van der Waals surface area contributed by atoms with E-state index >= 15 is 0 Å². The highest BCUT2D eigenvalue weighted by Crippen LogP contribution is 2.35. The molecule has 3 aliphatic heterocycles. The van der Waals surface area contributed by atoms with E-state index in [2.05, 4.69) is 25.4 Å². The molecule has 3 saturated heterocycles. The Morgan fingerprint density at radius 1 is 1.00 bits per heavy atom. The van der Waals surface area contributed by atoms with Gasteiger partial charge in [0.15, 0.2) is 0 Å². The summed E-state index contributed by atoms with van der Waals surface area (Å²) < 4.78 is 46.1. The highest BCUT2D eigenvalue weighted by Gasteiger charge is 2.35. The first-order chi connectivity index (χ1) is 20.3. The summed E-state index contributed by atoms with van der Waals surface area (Å²) in [5.41, 5.74) is 0.0995. The molecular weight excluding hydrogens is 547 g/mol. The zero-order valence-corrected chi connectivity index (χ0v) is 23.7. The fourth-order valence-corrected chi connectivity index (χ4v) is 5.88. The molecule has 226 valence electrons. The number of hydrogen-bond donors (Lipinski definition) is 2. The van der Waals surface area contributed by atoms with Crippen molar-refractivity contribution in [1.29, 1.82) is 5.26 Å². The number of hydrogen-bond acceptors (Lipinski definition) is 8. The molecule has 4 heterocycles. The minimum Gasteiger partial charge on any atom is -0.377 e. The van der Waals surface area contributed by atoms with Crippen LogP contribution in [0.2, 0.25) is 0 Å². The number of ether oxygens (including phenoxy) is 1. The molecule has 42 heavy (non-hydrogen) atoms. The van der Waals surface area contributed by atoms with Crippen molar-refractivity contribution in [2.24, 2.45) is 5.92 Å². The molecule has 3 aliphatic rings. The van der Waals surface area contributed by atoms with Crippen molar-refractivity contribution < 1.29 is 22.7 Å². The van der Waals surface area contributed by atoms with E-state index in [0.29, 0.717) is 43.5 Å². The van der Waals surface area contributed by atoms with E-state index in [1.165, 1.54) is 12.1 Å². The molecule has 0 spiro atoms. The zero-order valence-electron chi connectivity index (χ0n) is 23.7. The Hall–Kier alpha value is -3.40. The van der Waals surface area contributed by atoms with Crippen LogP contribution in [0.15, 0.2) is 36.5 Å². The largest absolute Gasteiger partial charge is 0.417 e. The molecular formula is C30H38F3N7O2. The van der Waals surface area contributed by atoms with Gasteiger partial charge in [-0.2, -0.15) is 18.4 Å². The maximum atomic E-state index is 13.4. The topological polar surface area (TPSA) is 96.8 Å². The van der Waals surface area contributed by atoms with E-state index in [9.17, 15) is 18.0 Å². The minimum absolute atomic E-state index is 0.133. The van der Waals surface area contributed by atoms with Crippen LogP contribution in [0.4, 0.5) is 30.4 Å². The third kappa shape index (κ3) is 7.70. The van der Waals surface area contributed by atoms with Crippen LogP contribution in [0.1, 0.15) is 36.8 Å². The first kappa shape index (κ1) is 30.1. The number of carbonyl (C=O) groups excluding carboxylic acids is 1. The molecule has 2 aromatic rings. The van der Waals surface area contributed by atoms with E-state index in [1.54, 1.807) is 12.3 Å². The number of nitrogens with zero attached hydrogens (tertiary/aromatic N) is 5. The summed E-state index contributed by atoms with van der Waals surface area (Å²) in [5.74, 6) is 0.0999. The molecule has 0 aliphatic carbocycles. The number of carbonyl (C=O) groups is 1. The first-order valence-corrected chi connectivity index (χ1v) is 14.7. The molecule has 12 heteroatoms. The average molecular weight is 586 g/mol. The summed E-state index contributed by atoms with van der Waals surface area (Å²) in [7, 11) is 0. The SMILES string of the molecule is N#Cc1ccc(N2CCC(C(=O)Nc3ccc(N4CCN(CCOC5CCNCC5)CC4)cn3)CC2)cc1C(F)(F)F. The second-order valence-electron chi connectivity index (χ2n) is 11.1. The number of piperazine rings is 1. The van der Waals surface area contributed by atoms with Gasteiger partial charge in [0, 0.05) is 57.4 Å². The number of nitrogens with one attached hydrogen (secondary N) is 2. The number of alkyl halides is 3. The lowest BCUT2D eigenvalue weighted by molar-refractivity contribution is -0.137. The smallest absolute Gasteiger partial charge is 0.377 e. The van der Waals surface area contributed by atoms with Crippen LogP contribution in [0.3, 0.4) is 0 Å². The Balaban J connectivity index is 1.05. The Morgan fingerprint density at radius 2 is 1.69 bits per heavy atom. The van der Waals surface area contributed by atoms with Crippen LogP contribution in [-0.2, 0) is 15.7 Å². The van der Waals surface area contributed by atoms with E-state index in [1.807, 2.05) is 17.0 Å².